The van der Waals surface area contributed by atoms with E-state index in [1.807, 2.05) is 25.1 Å². The zero-order valence-corrected chi connectivity index (χ0v) is 12.0. The summed E-state index contributed by atoms with van der Waals surface area (Å²) in [5.41, 5.74) is 0. The molecule has 0 aliphatic heterocycles. The summed E-state index contributed by atoms with van der Waals surface area (Å²) in [7, 11) is 1.85. The lowest BCUT2D eigenvalue weighted by atomic mass is 10.3. The van der Waals surface area contributed by atoms with Crippen LogP contribution in [-0.4, -0.2) is 39.4 Å². The molecule has 18 heavy (non-hydrogen) atoms. The van der Waals surface area contributed by atoms with Crippen LogP contribution in [0.15, 0.2) is 11.6 Å². The van der Waals surface area contributed by atoms with Crippen LogP contribution in [0.3, 0.4) is 0 Å². The van der Waals surface area contributed by atoms with Crippen LogP contribution in [0.1, 0.15) is 6.92 Å². The number of nitro groups is 1. The minimum atomic E-state index is -0.371. The lowest BCUT2D eigenvalue weighted by molar-refractivity contribution is -0.389. The first-order valence-corrected chi connectivity index (χ1v) is 7.65. The molecular weight excluding hydrogens is 272 g/mol. The molecule has 0 aromatic carbocycles. The molecule has 0 aliphatic carbocycles. The van der Waals surface area contributed by atoms with Gasteiger partial charge >= 0.3 is 5.82 Å². The molecule has 0 radical (unpaired) electrons. The zero-order valence-electron chi connectivity index (χ0n) is 10.4. The summed E-state index contributed by atoms with van der Waals surface area (Å²) in [5.74, 6) is 1.38. The molecule has 6 nitrogen and oxygen atoms in total. The van der Waals surface area contributed by atoms with Gasteiger partial charge in [0.15, 0.2) is 0 Å². The molecule has 2 aromatic rings. The summed E-state index contributed by atoms with van der Waals surface area (Å²) in [5, 5.41) is 13.0. The van der Waals surface area contributed by atoms with Crippen molar-refractivity contribution >= 4 is 39.7 Å². The van der Waals surface area contributed by atoms with E-state index in [0.717, 1.165) is 5.75 Å². The predicted molar refractivity (Wildman–Crippen MR) is 76.0 cm³/mol. The van der Waals surface area contributed by atoms with Crippen LogP contribution in [0.2, 0.25) is 0 Å². The van der Waals surface area contributed by atoms with Gasteiger partial charge in [0.2, 0.25) is 5.82 Å². The average Bonchev–Trinajstić information content (AvgIpc) is 2.86. The second kappa shape index (κ2) is 5.15. The van der Waals surface area contributed by atoms with Crippen molar-refractivity contribution in [1.82, 2.24) is 9.38 Å². The summed E-state index contributed by atoms with van der Waals surface area (Å²) in [6.45, 7) is 2.04. The second-order valence-electron chi connectivity index (χ2n) is 3.99. The van der Waals surface area contributed by atoms with Gasteiger partial charge in [0.1, 0.15) is 6.20 Å². The molecule has 0 spiro atoms. The fourth-order valence-corrected chi connectivity index (χ4v) is 3.14. The Morgan fingerprint density at radius 2 is 2.44 bits per heavy atom. The maximum absolute atomic E-state index is 11.2. The lowest BCUT2D eigenvalue weighted by Gasteiger charge is -2.23. The maximum Gasteiger partial charge on any atom is 0.373 e. The van der Waals surface area contributed by atoms with E-state index in [2.05, 4.69) is 4.98 Å². The van der Waals surface area contributed by atoms with Gasteiger partial charge in [-0.05, 0) is 18.1 Å². The number of anilines is 1. The average molecular weight is 286 g/mol. The molecule has 98 valence electrons. The number of rotatable bonds is 5. The van der Waals surface area contributed by atoms with Crippen LogP contribution in [-0.2, 0) is 0 Å². The molecule has 0 aliphatic rings. The third-order valence-corrected chi connectivity index (χ3v) is 4.37. The minimum Gasteiger partial charge on any atom is -0.358 e. The lowest BCUT2D eigenvalue weighted by Crippen LogP contribution is -2.31. The number of thioether (sulfide) groups is 1. The Morgan fingerprint density at radius 1 is 1.72 bits per heavy atom. The molecule has 8 heteroatoms. The number of imidazole rings is 1. The summed E-state index contributed by atoms with van der Waals surface area (Å²) in [4.78, 5) is 17.7. The Bertz CT molecular complexity index is 565. The number of aromatic nitrogens is 2. The van der Waals surface area contributed by atoms with Crippen LogP contribution >= 0.6 is 23.1 Å². The molecule has 0 fully saturated rings. The summed E-state index contributed by atoms with van der Waals surface area (Å²) >= 11 is 3.11. The third kappa shape index (κ3) is 2.17. The normalized spacial score (nSPS) is 12.8. The van der Waals surface area contributed by atoms with E-state index < -0.39 is 0 Å². The van der Waals surface area contributed by atoms with Gasteiger partial charge in [-0.15, -0.1) is 0 Å². The summed E-state index contributed by atoms with van der Waals surface area (Å²) in [6, 6.07) is 0.198. The molecule has 0 bridgehead atoms. The molecule has 0 amide bonds. The van der Waals surface area contributed by atoms with E-state index in [0.29, 0.717) is 10.8 Å². The van der Waals surface area contributed by atoms with E-state index in [4.69, 9.17) is 0 Å². The predicted octanol–water partition coefficient (Wildman–Crippen LogP) is 2.49. The van der Waals surface area contributed by atoms with E-state index in [1.165, 1.54) is 15.7 Å². The van der Waals surface area contributed by atoms with Crippen molar-refractivity contribution in [2.75, 3.05) is 24.0 Å². The van der Waals surface area contributed by atoms with Crippen molar-refractivity contribution < 1.29 is 4.92 Å². The minimum absolute atomic E-state index is 0.0432. The van der Waals surface area contributed by atoms with Gasteiger partial charge in [-0.2, -0.15) is 21.1 Å². The van der Waals surface area contributed by atoms with Crippen molar-refractivity contribution in [1.29, 1.82) is 0 Å². The first kappa shape index (κ1) is 13.2. The van der Waals surface area contributed by atoms with Crippen molar-refractivity contribution in [2.24, 2.45) is 0 Å². The molecular formula is C10H14N4O2S2. The van der Waals surface area contributed by atoms with Crippen LogP contribution in [0.4, 0.5) is 11.6 Å². The van der Waals surface area contributed by atoms with Gasteiger partial charge in [0.25, 0.3) is 4.96 Å². The second-order valence-corrected chi connectivity index (χ2v) is 5.77. The number of hydrogen-bond donors (Lipinski definition) is 0. The van der Waals surface area contributed by atoms with E-state index in [9.17, 15) is 10.1 Å². The number of thiazole rings is 1. The van der Waals surface area contributed by atoms with Crippen LogP contribution in [0.5, 0.6) is 0 Å². The Hall–Kier alpha value is -1.28. The highest BCUT2D eigenvalue weighted by molar-refractivity contribution is 7.98. The maximum atomic E-state index is 11.2. The molecule has 2 rings (SSSR count). The van der Waals surface area contributed by atoms with Crippen molar-refractivity contribution in [3.63, 3.8) is 0 Å². The molecule has 1 atom stereocenters. The van der Waals surface area contributed by atoms with Gasteiger partial charge in [-0.25, -0.2) is 0 Å². The van der Waals surface area contributed by atoms with Crippen molar-refractivity contribution in [2.45, 2.75) is 13.0 Å². The Kier molecular flexibility index (Phi) is 3.76. The van der Waals surface area contributed by atoms with E-state index >= 15 is 0 Å². The first-order valence-electron chi connectivity index (χ1n) is 5.38. The topological polar surface area (TPSA) is 63.7 Å². The van der Waals surface area contributed by atoms with Gasteiger partial charge < -0.3 is 15.0 Å². The summed E-state index contributed by atoms with van der Waals surface area (Å²) < 4.78 is 1.53. The fraction of sp³-hybridized carbons (Fsp3) is 0.500. The van der Waals surface area contributed by atoms with Crippen LogP contribution < -0.4 is 4.90 Å². The number of fused-ring (bicyclic) bond motifs is 1. The molecule has 2 aromatic heterocycles. The first-order chi connectivity index (χ1) is 8.56. The third-order valence-electron chi connectivity index (χ3n) is 2.80. The van der Waals surface area contributed by atoms with Gasteiger partial charge in [0.05, 0.1) is 0 Å². The van der Waals surface area contributed by atoms with Crippen LogP contribution in [0, 0.1) is 10.1 Å². The van der Waals surface area contributed by atoms with E-state index in [1.54, 1.807) is 23.3 Å². The Balaban J connectivity index is 2.46. The highest BCUT2D eigenvalue weighted by Gasteiger charge is 2.28. The molecule has 2 heterocycles. The smallest absolute Gasteiger partial charge is 0.358 e. The Labute approximate surface area is 113 Å². The highest BCUT2D eigenvalue weighted by atomic mass is 32.2. The van der Waals surface area contributed by atoms with Crippen LogP contribution in [0.25, 0.3) is 4.96 Å². The molecule has 1 unspecified atom stereocenters. The number of hydrogen-bond acceptors (Lipinski definition) is 6. The molecule has 0 saturated heterocycles. The van der Waals surface area contributed by atoms with Gasteiger partial charge in [-0.3, -0.25) is 0 Å². The highest BCUT2D eigenvalue weighted by Crippen LogP contribution is 2.31. The standard InChI is InChI=1S/C10H14N4O2S2/c1-7(6-17-3)12(2)8-9(14(15)16)13-4-5-18-10(13)11-8/h4-5,7H,6H2,1-3H3. The quantitative estimate of drug-likeness (QED) is 0.624. The monoisotopic (exact) mass is 286 g/mol. The fourth-order valence-electron chi connectivity index (χ4n) is 1.73. The molecule has 0 saturated carbocycles. The summed E-state index contributed by atoms with van der Waals surface area (Å²) in [6.07, 6.45) is 3.70. The molecule has 0 N–H and O–H groups in total. The largest absolute Gasteiger partial charge is 0.373 e. The Morgan fingerprint density at radius 3 is 3.06 bits per heavy atom. The zero-order chi connectivity index (χ0) is 13.3. The number of nitrogens with zero attached hydrogens (tertiary/aromatic N) is 4. The van der Waals surface area contributed by atoms with Crippen molar-refractivity contribution in [3.05, 3.63) is 21.7 Å². The van der Waals surface area contributed by atoms with Gasteiger partial charge in [-0.1, -0.05) is 11.3 Å². The van der Waals surface area contributed by atoms with Gasteiger partial charge in [0, 0.05) is 24.2 Å². The van der Waals surface area contributed by atoms with E-state index in [-0.39, 0.29) is 16.8 Å². The van der Waals surface area contributed by atoms with Crippen molar-refractivity contribution in [3.8, 4) is 0 Å². The SMILES string of the molecule is CSCC(C)N(C)c1nc2sccn2c1[N+](=O)[O-].